The van der Waals surface area contributed by atoms with Gasteiger partial charge in [0.05, 0.1) is 5.56 Å². The van der Waals surface area contributed by atoms with Crippen LogP contribution < -0.4 is 11.1 Å². The van der Waals surface area contributed by atoms with Crippen LogP contribution in [-0.2, 0) is 16.0 Å². The monoisotopic (exact) mass is 418 g/mol. The third kappa shape index (κ3) is 5.97. The van der Waals surface area contributed by atoms with Gasteiger partial charge in [-0.1, -0.05) is 24.3 Å². The molecule has 0 fully saturated rings. The molecule has 0 aromatic heterocycles. The zero-order valence-corrected chi connectivity index (χ0v) is 16.7. The summed E-state index contributed by atoms with van der Waals surface area (Å²) in [6.45, 7) is 5.42. The fourth-order valence-electron chi connectivity index (χ4n) is 2.28. The van der Waals surface area contributed by atoms with Gasteiger partial charge in [-0.15, -0.1) is 0 Å². The molecule has 2 aromatic rings. The number of hydrogen-bond acceptors (Lipinski definition) is 4. The van der Waals surface area contributed by atoms with E-state index in [0.717, 1.165) is 10.0 Å². The van der Waals surface area contributed by atoms with Gasteiger partial charge in [0.2, 0.25) is 0 Å². The van der Waals surface area contributed by atoms with Crippen LogP contribution in [0.25, 0.3) is 0 Å². The van der Waals surface area contributed by atoms with Gasteiger partial charge in [-0.3, -0.25) is 9.59 Å². The highest BCUT2D eigenvalue weighted by atomic mass is 79.9. The van der Waals surface area contributed by atoms with Crippen LogP contribution in [0, 0.1) is 0 Å². The van der Waals surface area contributed by atoms with Crippen molar-refractivity contribution in [3.63, 3.8) is 0 Å². The van der Waals surface area contributed by atoms with Gasteiger partial charge in [0.1, 0.15) is 11.6 Å². The third-order valence-corrected chi connectivity index (χ3v) is 4.19. The number of benzene rings is 2. The molecule has 0 aliphatic heterocycles. The van der Waals surface area contributed by atoms with Crippen molar-refractivity contribution >= 4 is 33.5 Å². The first-order valence-electron chi connectivity index (χ1n) is 8.29. The highest BCUT2D eigenvalue weighted by Gasteiger charge is 2.22. The average molecular weight is 419 g/mol. The standard InChI is InChI=1S/C20H23BrN2O3/c1-20(2,3)26-19(25)17(22)12-13-8-10-14(11-9-13)23-18(24)15-6-4-5-7-16(15)21/h4-11,17H,12,22H2,1-3H3,(H,23,24)/t17-/m1/s1. The first-order chi connectivity index (χ1) is 12.2. The molecule has 1 amide bonds. The lowest BCUT2D eigenvalue weighted by atomic mass is 10.1. The molecular formula is C20H23BrN2O3. The lowest BCUT2D eigenvalue weighted by molar-refractivity contribution is -0.156. The van der Waals surface area contributed by atoms with Crippen molar-refractivity contribution in [1.82, 2.24) is 0 Å². The summed E-state index contributed by atoms with van der Waals surface area (Å²) in [5.74, 6) is -0.625. The van der Waals surface area contributed by atoms with Crippen LogP contribution in [0.1, 0.15) is 36.7 Å². The Hall–Kier alpha value is -2.18. The molecular weight excluding hydrogens is 396 g/mol. The Labute approximate surface area is 162 Å². The van der Waals surface area contributed by atoms with Gasteiger partial charge in [0.15, 0.2) is 0 Å². The van der Waals surface area contributed by atoms with Crippen LogP contribution in [0.3, 0.4) is 0 Å². The van der Waals surface area contributed by atoms with E-state index in [1.807, 2.05) is 24.3 Å². The Morgan fingerprint density at radius 3 is 2.31 bits per heavy atom. The van der Waals surface area contributed by atoms with Crippen LogP contribution in [0.15, 0.2) is 53.0 Å². The maximum Gasteiger partial charge on any atom is 0.323 e. The quantitative estimate of drug-likeness (QED) is 0.720. The minimum Gasteiger partial charge on any atom is -0.459 e. The summed E-state index contributed by atoms with van der Waals surface area (Å²) in [6, 6.07) is 13.7. The molecule has 0 aliphatic carbocycles. The van der Waals surface area contributed by atoms with E-state index in [9.17, 15) is 9.59 Å². The number of amides is 1. The molecule has 138 valence electrons. The lowest BCUT2D eigenvalue weighted by Crippen LogP contribution is -2.38. The Kier molecular flexibility index (Phi) is 6.56. The number of ether oxygens (including phenoxy) is 1. The fourth-order valence-corrected chi connectivity index (χ4v) is 2.75. The molecule has 0 saturated heterocycles. The van der Waals surface area contributed by atoms with E-state index in [4.69, 9.17) is 10.5 Å². The van der Waals surface area contributed by atoms with E-state index in [0.29, 0.717) is 17.7 Å². The molecule has 0 aliphatic rings. The van der Waals surface area contributed by atoms with Crippen LogP contribution in [-0.4, -0.2) is 23.5 Å². The van der Waals surface area contributed by atoms with Crippen molar-refractivity contribution in [2.24, 2.45) is 5.73 Å². The molecule has 2 aromatic carbocycles. The van der Waals surface area contributed by atoms with E-state index < -0.39 is 17.6 Å². The molecule has 0 heterocycles. The highest BCUT2D eigenvalue weighted by Crippen LogP contribution is 2.18. The van der Waals surface area contributed by atoms with Crippen molar-refractivity contribution in [3.05, 3.63) is 64.1 Å². The number of nitrogens with one attached hydrogen (secondary N) is 1. The van der Waals surface area contributed by atoms with Crippen molar-refractivity contribution in [3.8, 4) is 0 Å². The summed E-state index contributed by atoms with van der Waals surface area (Å²) in [6.07, 6.45) is 0.368. The smallest absolute Gasteiger partial charge is 0.323 e. The summed E-state index contributed by atoms with van der Waals surface area (Å²) in [5.41, 5.74) is 7.47. The van der Waals surface area contributed by atoms with Gasteiger partial charge in [0.25, 0.3) is 5.91 Å². The van der Waals surface area contributed by atoms with E-state index in [1.165, 1.54) is 0 Å². The number of carbonyl (C=O) groups is 2. The largest absolute Gasteiger partial charge is 0.459 e. The Balaban J connectivity index is 1.97. The maximum absolute atomic E-state index is 12.3. The predicted octanol–water partition coefficient (Wildman–Crippen LogP) is 3.91. The molecule has 26 heavy (non-hydrogen) atoms. The second-order valence-corrected chi connectivity index (χ2v) is 7.83. The molecule has 3 N–H and O–H groups in total. The second-order valence-electron chi connectivity index (χ2n) is 6.97. The Morgan fingerprint density at radius 1 is 1.12 bits per heavy atom. The Morgan fingerprint density at radius 2 is 1.73 bits per heavy atom. The normalized spacial score (nSPS) is 12.3. The molecule has 1 atom stereocenters. The molecule has 6 heteroatoms. The molecule has 2 rings (SSSR count). The molecule has 0 bridgehead atoms. The summed E-state index contributed by atoms with van der Waals surface area (Å²) in [5, 5.41) is 2.84. The van der Waals surface area contributed by atoms with E-state index in [2.05, 4.69) is 21.2 Å². The summed E-state index contributed by atoms with van der Waals surface area (Å²) in [7, 11) is 0. The molecule has 0 radical (unpaired) electrons. The Bertz CT molecular complexity index is 782. The van der Waals surface area contributed by atoms with Crippen LogP contribution in [0.5, 0.6) is 0 Å². The number of carbonyl (C=O) groups excluding carboxylic acids is 2. The zero-order valence-electron chi connectivity index (χ0n) is 15.1. The van der Waals surface area contributed by atoms with Gasteiger partial charge in [0, 0.05) is 10.2 Å². The minimum atomic E-state index is -0.727. The van der Waals surface area contributed by atoms with Gasteiger partial charge in [-0.2, -0.15) is 0 Å². The second kappa shape index (κ2) is 8.47. The minimum absolute atomic E-state index is 0.198. The van der Waals surface area contributed by atoms with Crippen LogP contribution in [0.2, 0.25) is 0 Å². The maximum atomic E-state index is 12.3. The van der Waals surface area contributed by atoms with E-state index in [1.54, 1.807) is 45.0 Å². The number of nitrogens with two attached hydrogens (primary N) is 1. The molecule has 0 spiro atoms. The topological polar surface area (TPSA) is 81.4 Å². The van der Waals surface area contributed by atoms with Crippen molar-refractivity contribution < 1.29 is 14.3 Å². The SMILES string of the molecule is CC(C)(C)OC(=O)[C@H](N)Cc1ccc(NC(=O)c2ccccc2Br)cc1. The van der Waals surface area contributed by atoms with E-state index >= 15 is 0 Å². The van der Waals surface area contributed by atoms with Crippen molar-refractivity contribution in [2.75, 3.05) is 5.32 Å². The predicted molar refractivity (Wildman–Crippen MR) is 106 cm³/mol. The lowest BCUT2D eigenvalue weighted by Gasteiger charge is -2.22. The van der Waals surface area contributed by atoms with Crippen LogP contribution in [0.4, 0.5) is 5.69 Å². The summed E-state index contributed by atoms with van der Waals surface area (Å²) < 4.78 is 6.02. The van der Waals surface area contributed by atoms with Gasteiger partial charge >= 0.3 is 5.97 Å². The average Bonchev–Trinajstić information content (AvgIpc) is 2.55. The van der Waals surface area contributed by atoms with Gasteiger partial charge in [-0.25, -0.2) is 0 Å². The highest BCUT2D eigenvalue weighted by molar-refractivity contribution is 9.10. The summed E-state index contributed by atoms with van der Waals surface area (Å²) >= 11 is 3.36. The number of halogens is 1. The first-order valence-corrected chi connectivity index (χ1v) is 9.08. The van der Waals surface area contributed by atoms with Crippen molar-refractivity contribution in [1.29, 1.82) is 0 Å². The van der Waals surface area contributed by atoms with Crippen molar-refractivity contribution in [2.45, 2.75) is 38.8 Å². The number of anilines is 1. The first kappa shape index (κ1) is 20.1. The van der Waals surface area contributed by atoms with E-state index in [-0.39, 0.29) is 5.91 Å². The van der Waals surface area contributed by atoms with Crippen LogP contribution >= 0.6 is 15.9 Å². The molecule has 0 unspecified atom stereocenters. The summed E-state index contributed by atoms with van der Waals surface area (Å²) in [4.78, 5) is 24.3. The van der Waals surface area contributed by atoms with Gasteiger partial charge < -0.3 is 15.8 Å². The number of esters is 1. The number of rotatable bonds is 5. The molecule has 0 saturated carbocycles. The molecule has 5 nitrogen and oxygen atoms in total. The third-order valence-electron chi connectivity index (χ3n) is 3.50. The number of hydrogen-bond donors (Lipinski definition) is 2. The fraction of sp³-hybridized carbons (Fsp3) is 0.300. The van der Waals surface area contributed by atoms with Gasteiger partial charge in [-0.05, 0) is 73.0 Å². The zero-order chi connectivity index (χ0) is 19.3.